The van der Waals surface area contributed by atoms with Crippen molar-refractivity contribution in [3.63, 3.8) is 0 Å². The van der Waals surface area contributed by atoms with Gasteiger partial charge in [-0.05, 0) is 24.1 Å². The van der Waals surface area contributed by atoms with E-state index < -0.39 is 0 Å². The van der Waals surface area contributed by atoms with Gasteiger partial charge in [-0.1, -0.05) is 19.1 Å². The van der Waals surface area contributed by atoms with Crippen LogP contribution in [0.2, 0.25) is 0 Å². The number of nitrogens with one attached hydrogen (secondary N) is 1. The molecule has 0 unspecified atom stereocenters. The molecular weight excluding hydrogens is 200 g/mol. The maximum absolute atomic E-state index is 8.03. The third-order valence-corrected chi connectivity index (χ3v) is 2.73. The van der Waals surface area contributed by atoms with Crippen LogP contribution in [0, 0.1) is 11.3 Å². The van der Waals surface area contributed by atoms with Crippen LogP contribution in [-0.2, 0) is 11.2 Å². The summed E-state index contributed by atoms with van der Waals surface area (Å²) in [6, 6.07) is 7.70. The molecule has 16 heavy (non-hydrogen) atoms. The van der Waals surface area contributed by atoms with E-state index in [9.17, 15) is 0 Å². The Balaban J connectivity index is 2.59. The van der Waals surface area contributed by atoms with Crippen molar-refractivity contribution < 1.29 is 4.74 Å². The second-order valence-corrected chi connectivity index (χ2v) is 4.00. The highest BCUT2D eigenvalue weighted by molar-refractivity contribution is 5.86. The summed E-state index contributed by atoms with van der Waals surface area (Å²) in [5.74, 6) is 0.225. The fourth-order valence-corrected chi connectivity index (χ4v) is 1.67. The maximum Gasteiger partial charge on any atom is 0.0542 e. The Morgan fingerprint density at radius 1 is 1.38 bits per heavy atom. The van der Waals surface area contributed by atoms with Gasteiger partial charge in [0.05, 0.1) is 6.61 Å². The minimum absolute atomic E-state index is 0.225. The summed E-state index contributed by atoms with van der Waals surface area (Å²) in [4.78, 5) is 0. The Kier molecular flexibility index (Phi) is 4.99. The number of rotatable bonds is 6. The Bertz CT molecular complexity index is 332. The first-order chi connectivity index (χ1) is 7.67. The average molecular weight is 220 g/mol. The van der Waals surface area contributed by atoms with Gasteiger partial charge < -0.3 is 15.9 Å². The highest BCUT2D eigenvalue weighted by Crippen LogP contribution is 2.12. The lowest BCUT2D eigenvalue weighted by Gasteiger charge is -2.15. The van der Waals surface area contributed by atoms with Gasteiger partial charge in [-0.25, -0.2) is 0 Å². The molecule has 0 radical (unpaired) electrons. The van der Waals surface area contributed by atoms with Gasteiger partial charge in [-0.2, -0.15) is 0 Å². The standard InChI is InChI=1S/C13H20N2O/c1-3-11(9-16-2)13(15)8-10-4-6-12(14)7-5-10/h4-7,11,15H,3,8-9,14H2,1-2H3/t11-/m0/s1. The molecule has 0 fully saturated rings. The van der Waals surface area contributed by atoms with Gasteiger partial charge in [0.1, 0.15) is 0 Å². The van der Waals surface area contributed by atoms with E-state index in [1.54, 1.807) is 7.11 Å². The molecule has 0 aliphatic rings. The monoisotopic (exact) mass is 220 g/mol. The average Bonchev–Trinajstić information content (AvgIpc) is 2.29. The van der Waals surface area contributed by atoms with Gasteiger partial charge in [0.25, 0.3) is 0 Å². The van der Waals surface area contributed by atoms with E-state index in [4.69, 9.17) is 15.9 Å². The molecule has 0 aliphatic carbocycles. The van der Waals surface area contributed by atoms with Crippen molar-refractivity contribution in [3.05, 3.63) is 29.8 Å². The van der Waals surface area contributed by atoms with Crippen LogP contribution in [0.3, 0.4) is 0 Å². The SMILES string of the molecule is CC[C@@H](COC)C(=N)Cc1ccc(N)cc1. The van der Waals surface area contributed by atoms with Crippen LogP contribution < -0.4 is 5.73 Å². The van der Waals surface area contributed by atoms with Crippen molar-refractivity contribution >= 4 is 11.4 Å². The topological polar surface area (TPSA) is 59.1 Å². The molecule has 0 saturated heterocycles. The molecule has 0 amide bonds. The smallest absolute Gasteiger partial charge is 0.0542 e. The van der Waals surface area contributed by atoms with Crippen LogP contribution in [0.1, 0.15) is 18.9 Å². The van der Waals surface area contributed by atoms with Crippen LogP contribution in [0.5, 0.6) is 0 Å². The number of nitrogens with two attached hydrogens (primary N) is 1. The largest absolute Gasteiger partial charge is 0.399 e. The van der Waals surface area contributed by atoms with E-state index in [0.717, 1.165) is 23.4 Å². The van der Waals surface area contributed by atoms with Crippen LogP contribution in [0.4, 0.5) is 5.69 Å². The van der Waals surface area contributed by atoms with E-state index in [2.05, 4.69) is 6.92 Å². The van der Waals surface area contributed by atoms with Crippen LogP contribution >= 0.6 is 0 Å². The first-order valence-corrected chi connectivity index (χ1v) is 5.58. The highest BCUT2D eigenvalue weighted by atomic mass is 16.5. The predicted molar refractivity (Wildman–Crippen MR) is 67.9 cm³/mol. The van der Waals surface area contributed by atoms with Crippen molar-refractivity contribution in [2.75, 3.05) is 19.5 Å². The number of methoxy groups -OCH3 is 1. The molecule has 0 spiro atoms. The van der Waals surface area contributed by atoms with Crippen molar-refractivity contribution in [3.8, 4) is 0 Å². The number of anilines is 1. The van der Waals surface area contributed by atoms with E-state index >= 15 is 0 Å². The minimum atomic E-state index is 0.225. The molecule has 0 bridgehead atoms. The molecule has 0 heterocycles. The zero-order chi connectivity index (χ0) is 12.0. The zero-order valence-electron chi connectivity index (χ0n) is 9.99. The quantitative estimate of drug-likeness (QED) is 0.571. The maximum atomic E-state index is 8.03. The summed E-state index contributed by atoms with van der Waals surface area (Å²) in [7, 11) is 1.68. The van der Waals surface area contributed by atoms with Crippen LogP contribution in [-0.4, -0.2) is 19.4 Å². The Morgan fingerprint density at radius 2 is 2.00 bits per heavy atom. The van der Waals surface area contributed by atoms with Crippen molar-refractivity contribution in [1.82, 2.24) is 0 Å². The first-order valence-electron chi connectivity index (χ1n) is 5.58. The van der Waals surface area contributed by atoms with Gasteiger partial charge >= 0.3 is 0 Å². The molecule has 88 valence electrons. The van der Waals surface area contributed by atoms with Crippen molar-refractivity contribution in [2.24, 2.45) is 5.92 Å². The number of hydrogen-bond acceptors (Lipinski definition) is 3. The minimum Gasteiger partial charge on any atom is -0.399 e. The second kappa shape index (κ2) is 6.28. The van der Waals surface area contributed by atoms with Crippen LogP contribution in [0.15, 0.2) is 24.3 Å². The molecule has 1 rings (SSSR count). The third kappa shape index (κ3) is 3.66. The van der Waals surface area contributed by atoms with Gasteiger partial charge in [0, 0.05) is 30.8 Å². The van der Waals surface area contributed by atoms with E-state index in [0.29, 0.717) is 13.0 Å². The fourth-order valence-electron chi connectivity index (χ4n) is 1.67. The summed E-state index contributed by atoms with van der Waals surface area (Å²) in [6.45, 7) is 2.71. The predicted octanol–water partition coefficient (Wildman–Crippen LogP) is 2.50. The zero-order valence-corrected chi connectivity index (χ0v) is 9.99. The Hall–Kier alpha value is -1.35. The molecule has 0 aromatic heterocycles. The molecule has 1 atom stereocenters. The molecule has 1 aromatic rings. The Labute approximate surface area is 97.1 Å². The summed E-state index contributed by atoms with van der Waals surface area (Å²) in [6.07, 6.45) is 1.63. The lowest BCUT2D eigenvalue weighted by atomic mass is 9.95. The Morgan fingerprint density at radius 3 is 2.50 bits per heavy atom. The molecular formula is C13H20N2O. The molecule has 3 N–H and O–H groups in total. The summed E-state index contributed by atoms with van der Waals surface area (Å²) < 4.78 is 5.11. The van der Waals surface area contributed by atoms with Gasteiger partial charge in [-0.3, -0.25) is 0 Å². The van der Waals surface area contributed by atoms with Crippen molar-refractivity contribution in [1.29, 1.82) is 5.41 Å². The van der Waals surface area contributed by atoms with E-state index in [-0.39, 0.29) is 5.92 Å². The van der Waals surface area contributed by atoms with Gasteiger partial charge in [0.15, 0.2) is 0 Å². The lowest BCUT2D eigenvalue weighted by molar-refractivity contribution is 0.173. The molecule has 0 aliphatic heterocycles. The van der Waals surface area contributed by atoms with Gasteiger partial charge in [-0.15, -0.1) is 0 Å². The van der Waals surface area contributed by atoms with E-state index in [1.807, 2.05) is 24.3 Å². The first kappa shape index (κ1) is 12.7. The third-order valence-electron chi connectivity index (χ3n) is 2.73. The summed E-state index contributed by atoms with van der Waals surface area (Å²) in [5, 5.41) is 8.03. The van der Waals surface area contributed by atoms with Gasteiger partial charge in [0.2, 0.25) is 0 Å². The second-order valence-electron chi connectivity index (χ2n) is 4.00. The lowest BCUT2D eigenvalue weighted by Crippen LogP contribution is -2.20. The number of nitrogen functional groups attached to an aromatic ring is 1. The number of ether oxygens (including phenoxy) is 1. The fraction of sp³-hybridized carbons (Fsp3) is 0.462. The number of benzene rings is 1. The summed E-state index contributed by atoms with van der Waals surface area (Å²) >= 11 is 0. The van der Waals surface area contributed by atoms with E-state index in [1.165, 1.54) is 0 Å². The summed E-state index contributed by atoms with van der Waals surface area (Å²) in [5.41, 5.74) is 8.24. The molecule has 3 heteroatoms. The molecule has 3 nitrogen and oxygen atoms in total. The normalized spacial score (nSPS) is 12.4. The molecule has 1 aromatic carbocycles. The molecule has 0 saturated carbocycles. The van der Waals surface area contributed by atoms with Crippen molar-refractivity contribution in [2.45, 2.75) is 19.8 Å². The van der Waals surface area contributed by atoms with Crippen LogP contribution in [0.25, 0.3) is 0 Å². The highest BCUT2D eigenvalue weighted by Gasteiger charge is 2.12. The number of hydrogen-bond donors (Lipinski definition) is 2.